The molecule has 0 aromatic heterocycles. The Morgan fingerprint density at radius 3 is 2.69 bits per heavy atom. The third-order valence-electron chi connectivity index (χ3n) is 4.92. The van der Waals surface area contributed by atoms with Crippen LogP contribution >= 0.6 is 0 Å². The van der Waals surface area contributed by atoms with E-state index in [1.807, 2.05) is 19.9 Å². The van der Waals surface area contributed by atoms with E-state index in [1.165, 1.54) is 0 Å². The van der Waals surface area contributed by atoms with Crippen molar-refractivity contribution in [3.8, 4) is 0 Å². The number of halogens is 2. The molecule has 0 bridgehead atoms. The zero-order chi connectivity index (χ0) is 21.0. The molecule has 0 unspecified atom stereocenters. The Hall–Kier alpha value is -2.96. The van der Waals surface area contributed by atoms with Gasteiger partial charge in [0.2, 0.25) is 0 Å². The number of amides is 3. The maximum atomic E-state index is 13.8. The van der Waals surface area contributed by atoms with E-state index in [4.69, 9.17) is 0 Å². The largest absolute Gasteiger partial charge is 0.336 e. The van der Waals surface area contributed by atoms with E-state index in [1.54, 1.807) is 23.1 Å². The van der Waals surface area contributed by atoms with Crippen molar-refractivity contribution >= 4 is 17.6 Å². The van der Waals surface area contributed by atoms with Gasteiger partial charge in [-0.05, 0) is 56.5 Å². The second-order valence-corrected chi connectivity index (χ2v) is 7.59. The van der Waals surface area contributed by atoms with Gasteiger partial charge < -0.3 is 15.5 Å². The van der Waals surface area contributed by atoms with Crippen LogP contribution in [0.1, 0.15) is 48.5 Å². The molecule has 1 aliphatic rings. The molecule has 1 atom stereocenters. The number of carbonyl (C=O) groups excluding carboxylic acids is 2. The number of nitrogens with one attached hydrogen (secondary N) is 2. The first-order chi connectivity index (χ1) is 13.8. The van der Waals surface area contributed by atoms with Gasteiger partial charge in [-0.3, -0.25) is 4.79 Å². The SMILES string of the molecule is CC(C)NC(=O)N1CCC[C@H](c2cccc(C(=O)Nc3cc(F)ccc3F)c2)C1. The van der Waals surface area contributed by atoms with Gasteiger partial charge in [-0.15, -0.1) is 0 Å². The molecule has 3 amide bonds. The van der Waals surface area contributed by atoms with E-state index in [2.05, 4.69) is 10.6 Å². The molecule has 0 radical (unpaired) electrons. The number of benzene rings is 2. The molecule has 2 aromatic rings. The lowest BCUT2D eigenvalue weighted by Crippen LogP contribution is -2.47. The van der Waals surface area contributed by atoms with Gasteiger partial charge in [0, 0.05) is 36.7 Å². The highest BCUT2D eigenvalue weighted by Crippen LogP contribution is 2.28. The Bertz CT molecular complexity index is 901. The van der Waals surface area contributed by atoms with Crippen molar-refractivity contribution in [3.05, 3.63) is 65.2 Å². The summed E-state index contributed by atoms with van der Waals surface area (Å²) in [5.74, 6) is -1.73. The molecule has 1 heterocycles. The standard InChI is InChI=1S/C22H25F2N3O2/c1-14(2)25-22(29)27-10-4-7-17(13-27)15-5-3-6-16(11-15)21(28)26-20-12-18(23)8-9-19(20)24/h3,5-6,8-9,11-12,14,17H,4,7,10,13H2,1-2H3,(H,25,29)(H,26,28)/t17-/m0/s1. The van der Waals surface area contributed by atoms with Crippen LogP contribution in [0.5, 0.6) is 0 Å². The van der Waals surface area contributed by atoms with Crippen molar-refractivity contribution in [1.29, 1.82) is 0 Å². The zero-order valence-electron chi connectivity index (χ0n) is 16.5. The minimum atomic E-state index is -0.699. The predicted molar refractivity (Wildman–Crippen MR) is 108 cm³/mol. The molecule has 5 nitrogen and oxygen atoms in total. The maximum absolute atomic E-state index is 13.8. The van der Waals surface area contributed by atoms with Crippen LogP contribution in [0.15, 0.2) is 42.5 Å². The number of urea groups is 1. The summed E-state index contributed by atoms with van der Waals surface area (Å²) in [5.41, 5.74) is 1.10. The average molecular weight is 401 g/mol. The third-order valence-corrected chi connectivity index (χ3v) is 4.92. The normalized spacial score (nSPS) is 16.6. The third kappa shape index (κ3) is 5.31. The highest BCUT2D eigenvalue weighted by Gasteiger charge is 2.25. The second-order valence-electron chi connectivity index (χ2n) is 7.59. The van der Waals surface area contributed by atoms with E-state index in [0.717, 1.165) is 36.6 Å². The molecule has 0 saturated carbocycles. The topological polar surface area (TPSA) is 61.4 Å². The molecule has 1 saturated heterocycles. The summed E-state index contributed by atoms with van der Waals surface area (Å²) in [4.78, 5) is 26.6. The van der Waals surface area contributed by atoms with Gasteiger partial charge in [0.25, 0.3) is 5.91 Å². The first kappa shape index (κ1) is 20.8. The lowest BCUT2D eigenvalue weighted by Gasteiger charge is -2.33. The molecular weight excluding hydrogens is 376 g/mol. The monoisotopic (exact) mass is 401 g/mol. The minimum Gasteiger partial charge on any atom is -0.336 e. The summed E-state index contributed by atoms with van der Waals surface area (Å²) in [6.07, 6.45) is 1.79. The Labute approximate surface area is 169 Å². The molecule has 29 heavy (non-hydrogen) atoms. The van der Waals surface area contributed by atoms with Crippen LogP contribution in [0.4, 0.5) is 19.3 Å². The van der Waals surface area contributed by atoms with Gasteiger partial charge in [0.1, 0.15) is 11.6 Å². The number of likely N-dealkylation sites (tertiary alicyclic amines) is 1. The van der Waals surface area contributed by atoms with Crippen LogP contribution in [0.2, 0.25) is 0 Å². The molecular formula is C22H25F2N3O2. The van der Waals surface area contributed by atoms with Crippen LogP contribution in [-0.4, -0.2) is 36.0 Å². The highest BCUT2D eigenvalue weighted by atomic mass is 19.1. The smallest absolute Gasteiger partial charge is 0.317 e. The summed E-state index contributed by atoms with van der Waals surface area (Å²) in [7, 11) is 0. The highest BCUT2D eigenvalue weighted by molar-refractivity contribution is 6.04. The van der Waals surface area contributed by atoms with Crippen LogP contribution < -0.4 is 10.6 Å². The number of carbonyl (C=O) groups is 2. The van der Waals surface area contributed by atoms with Crippen molar-refractivity contribution in [3.63, 3.8) is 0 Å². The van der Waals surface area contributed by atoms with Crippen molar-refractivity contribution in [1.82, 2.24) is 10.2 Å². The van der Waals surface area contributed by atoms with Crippen molar-refractivity contribution < 1.29 is 18.4 Å². The fourth-order valence-corrected chi connectivity index (χ4v) is 3.49. The minimum absolute atomic E-state index is 0.0677. The predicted octanol–water partition coefficient (Wildman–Crippen LogP) is 4.51. The van der Waals surface area contributed by atoms with E-state index in [-0.39, 0.29) is 23.7 Å². The van der Waals surface area contributed by atoms with E-state index in [0.29, 0.717) is 18.7 Å². The molecule has 0 spiro atoms. The second kappa shape index (κ2) is 9.03. The number of rotatable bonds is 4. The first-order valence-corrected chi connectivity index (χ1v) is 9.75. The van der Waals surface area contributed by atoms with Gasteiger partial charge in [0.15, 0.2) is 0 Å². The summed E-state index contributed by atoms with van der Waals surface area (Å²) in [5, 5.41) is 5.33. The van der Waals surface area contributed by atoms with Gasteiger partial charge in [-0.1, -0.05) is 12.1 Å². The molecule has 2 aromatic carbocycles. The summed E-state index contributed by atoms with van der Waals surface area (Å²) in [6.45, 7) is 5.11. The Morgan fingerprint density at radius 2 is 1.93 bits per heavy atom. The van der Waals surface area contributed by atoms with E-state index < -0.39 is 17.5 Å². The first-order valence-electron chi connectivity index (χ1n) is 9.75. The number of nitrogens with zero attached hydrogens (tertiary/aromatic N) is 1. The Morgan fingerprint density at radius 1 is 1.14 bits per heavy atom. The lowest BCUT2D eigenvalue weighted by molar-refractivity contribution is 0.102. The molecule has 1 fully saturated rings. The molecule has 2 N–H and O–H groups in total. The molecule has 7 heteroatoms. The van der Waals surface area contributed by atoms with Crippen LogP contribution in [0.3, 0.4) is 0 Å². The van der Waals surface area contributed by atoms with E-state index >= 15 is 0 Å². The van der Waals surface area contributed by atoms with Crippen molar-refractivity contribution in [2.75, 3.05) is 18.4 Å². The lowest BCUT2D eigenvalue weighted by atomic mass is 9.89. The van der Waals surface area contributed by atoms with Gasteiger partial charge in [0.05, 0.1) is 5.69 Å². The zero-order valence-corrected chi connectivity index (χ0v) is 16.5. The van der Waals surface area contributed by atoms with Crippen LogP contribution in [0.25, 0.3) is 0 Å². The number of hydrogen-bond donors (Lipinski definition) is 2. The van der Waals surface area contributed by atoms with E-state index in [9.17, 15) is 18.4 Å². The fraction of sp³-hybridized carbons (Fsp3) is 0.364. The van der Waals surface area contributed by atoms with Crippen molar-refractivity contribution in [2.45, 2.75) is 38.6 Å². The average Bonchev–Trinajstić information content (AvgIpc) is 2.70. The Balaban J connectivity index is 1.72. The van der Waals surface area contributed by atoms with Gasteiger partial charge in [-0.25, -0.2) is 13.6 Å². The Kier molecular flexibility index (Phi) is 6.46. The maximum Gasteiger partial charge on any atom is 0.317 e. The molecule has 0 aliphatic carbocycles. The quantitative estimate of drug-likeness (QED) is 0.792. The number of hydrogen-bond acceptors (Lipinski definition) is 2. The van der Waals surface area contributed by atoms with Crippen LogP contribution in [-0.2, 0) is 0 Å². The molecule has 3 rings (SSSR count). The van der Waals surface area contributed by atoms with Gasteiger partial charge >= 0.3 is 6.03 Å². The summed E-state index contributed by atoms with van der Waals surface area (Å²) in [6, 6.07) is 9.97. The van der Waals surface area contributed by atoms with Crippen LogP contribution in [0, 0.1) is 11.6 Å². The molecule has 1 aliphatic heterocycles. The molecule has 154 valence electrons. The fourth-order valence-electron chi connectivity index (χ4n) is 3.49. The summed E-state index contributed by atoms with van der Waals surface area (Å²) < 4.78 is 27.1. The van der Waals surface area contributed by atoms with Gasteiger partial charge in [-0.2, -0.15) is 0 Å². The summed E-state index contributed by atoms with van der Waals surface area (Å²) >= 11 is 0. The van der Waals surface area contributed by atoms with Crippen molar-refractivity contribution in [2.24, 2.45) is 0 Å². The number of anilines is 1. The number of piperidine rings is 1.